The largest absolute Gasteiger partial charge is 0.364 e. The van der Waals surface area contributed by atoms with E-state index >= 15 is 0 Å². The van der Waals surface area contributed by atoms with E-state index in [0.717, 1.165) is 38.3 Å². The van der Waals surface area contributed by atoms with Gasteiger partial charge in [-0.05, 0) is 0 Å². The maximum absolute atomic E-state index is 4.76. The summed E-state index contributed by atoms with van der Waals surface area (Å²) in [5, 5.41) is 6.98. The fourth-order valence-electron chi connectivity index (χ4n) is 1.43. The predicted molar refractivity (Wildman–Crippen MR) is 44.6 cm³/mol. The number of nitrogens with one attached hydrogen (secondary N) is 1. The molecule has 0 saturated carbocycles. The second-order valence-electron chi connectivity index (χ2n) is 3.06. The van der Waals surface area contributed by atoms with Gasteiger partial charge in [-0.3, -0.25) is 4.90 Å². The number of nitrogens with zero attached hydrogens (tertiary/aromatic N) is 2. The van der Waals surface area contributed by atoms with Crippen molar-refractivity contribution in [3.63, 3.8) is 0 Å². The zero-order valence-electron chi connectivity index (χ0n) is 6.99. The summed E-state index contributed by atoms with van der Waals surface area (Å²) in [6.07, 6.45) is 3.49. The minimum atomic E-state index is 0.963. The van der Waals surface area contributed by atoms with Crippen LogP contribution in [0, 0.1) is 0 Å². The standard InChI is InChI=1S/C8H13N3O/c1-3-11(4-2-9-1)6-8-5-10-12-7-8/h5,7,9H,1-4,6H2. The second kappa shape index (κ2) is 3.69. The molecule has 4 heteroatoms. The first-order chi connectivity index (χ1) is 5.95. The highest BCUT2D eigenvalue weighted by atomic mass is 16.5. The Morgan fingerprint density at radius 1 is 1.50 bits per heavy atom. The van der Waals surface area contributed by atoms with Gasteiger partial charge >= 0.3 is 0 Å². The Morgan fingerprint density at radius 3 is 3.00 bits per heavy atom. The van der Waals surface area contributed by atoms with Crippen molar-refractivity contribution in [3.05, 3.63) is 18.0 Å². The lowest BCUT2D eigenvalue weighted by Gasteiger charge is -2.26. The molecule has 1 aromatic rings. The van der Waals surface area contributed by atoms with E-state index in [0.29, 0.717) is 0 Å². The first kappa shape index (κ1) is 7.76. The van der Waals surface area contributed by atoms with Crippen molar-refractivity contribution >= 4 is 0 Å². The van der Waals surface area contributed by atoms with Crippen LogP contribution in [-0.4, -0.2) is 36.2 Å². The predicted octanol–water partition coefficient (Wildman–Crippen LogP) is 0.0798. The van der Waals surface area contributed by atoms with Gasteiger partial charge in [0.05, 0.1) is 6.20 Å². The third-order valence-electron chi connectivity index (χ3n) is 2.10. The summed E-state index contributed by atoms with van der Waals surface area (Å²) in [6, 6.07) is 0. The molecule has 0 atom stereocenters. The van der Waals surface area contributed by atoms with E-state index < -0.39 is 0 Å². The average Bonchev–Trinajstić information content (AvgIpc) is 2.59. The smallest absolute Gasteiger partial charge is 0.128 e. The molecule has 66 valence electrons. The van der Waals surface area contributed by atoms with Crippen molar-refractivity contribution in [2.45, 2.75) is 6.54 Å². The van der Waals surface area contributed by atoms with E-state index in [-0.39, 0.29) is 0 Å². The van der Waals surface area contributed by atoms with Crippen LogP contribution in [0.2, 0.25) is 0 Å². The molecule has 1 aromatic heterocycles. The SMILES string of the molecule is c1nocc1CN1CCNCC1. The highest BCUT2D eigenvalue weighted by molar-refractivity contribution is 4.99. The minimum Gasteiger partial charge on any atom is -0.364 e. The number of aromatic nitrogens is 1. The summed E-state index contributed by atoms with van der Waals surface area (Å²) in [6.45, 7) is 5.37. The van der Waals surface area contributed by atoms with Crippen LogP contribution in [0.3, 0.4) is 0 Å². The van der Waals surface area contributed by atoms with Crippen LogP contribution in [-0.2, 0) is 6.54 Å². The lowest BCUT2D eigenvalue weighted by molar-refractivity contribution is 0.232. The summed E-state index contributed by atoms with van der Waals surface area (Å²) in [5.74, 6) is 0. The number of piperazine rings is 1. The van der Waals surface area contributed by atoms with Gasteiger partial charge < -0.3 is 9.84 Å². The van der Waals surface area contributed by atoms with Gasteiger partial charge in [0, 0.05) is 38.3 Å². The van der Waals surface area contributed by atoms with Gasteiger partial charge in [0.1, 0.15) is 6.26 Å². The Morgan fingerprint density at radius 2 is 2.33 bits per heavy atom. The zero-order chi connectivity index (χ0) is 8.23. The van der Waals surface area contributed by atoms with Gasteiger partial charge in [-0.2, -0.15) is 0 Å². The molecule has 1 N–H and O–H groups in total. The van der Waals surface area contributed by atoms with Crippen LogP contribution in [0.4, 0.5) is 0 Å². The monoisotopic (exact) mass is 167 g/mol. The molecule has 1 saturated heterocycles. The summed E-state index contributed by atoms with van der Waals surface area (Å²) >= 11 is 0. The quantitative estimate of drug-likeness (QED) is 0.677. The Bertz CT molecular complexity index is 216. The van der Waals surface area contributed by atoms with E-state index in [4.69, 9.17) is 4.52 Å². The van der Waals surface area contributed by atoms with Crippen LogP contribution in [0.5, 0.6) is 0 Å². The molecule has 12 heavy (non-hydrogen) atoms. The van der Waals surface area contributed by atoms with Gasteiger partial charge in [-0.25, -0.2) is 0 Å². The summed E-state index contributed by atoms with van der Waals surface area (Å²) in [4.78, 5) is 2.39. The highest BCUT2D eigenvalue weighted by Crippen LogP contribution is 2.03. The van der Waals surface area contributed by atoms with Crippen LogP contribution >= 0.6 is 0 Å². The molecule has 0 aliphatic carbocycles. The van der Waals surface area contributed by atoms with E-state index in [2.05, 4.69) is 15.4 Å². The minimum absolute atomic E-state index is 0.963. The maximum atomic E-state index is 4.76. The highest BCUT2D eigenvalue weighted by Gasteiger charge is 2.10. The second-order valence-corrected chi connectivity index (χ2v) is 3.06. The third kappa shape index (κ3) is 1.84. The molecule has 2 heterocycles. The molecular formula is C8H13N3O. The average molecular weight is 167 g/mol. The summed E-state index contributed by atoms with van der Waals surface area (Å²) in [7, 11) is 0. The van der Waals surface area contributed by atoms with E-state index in [1.807, 2.05) is 0 Å². The van der Waals surface area contributed by atoms with Gasteiger partial charge in [-0.15, -0.1) is 0 Å². The van der Waals surface area contributed by atoms with E-state index in [1.165, 1.54) is 0 Å². The van der Waals surface area contributed by atoms with Gasteiger partial charge in [0.2, 0.25) is 0 Å². The Kier molecular flexibility index (Phi) is 2.39. The van der Waals surface area contributed by atoms with Gasteiger partial charge in [0.15, 0.2) is 0 Å². The zero-order valence-corrected chi connectivity index (χ0v) is 6.99. The number of hydrogen-bond donors (Lipinski definition) is 1. The van der Waals surface area contributed by atoms with Crippen LogP contribution in [0.25, 0.3) is 0 Å². The normalized spacial score (nSPS) is 19.7. The Labute approximate surface area is 71.5 Å². The topological polar surface area (TPSA) is 41.3 Å². The molecule has 0 amide bonds. The lowest BCUT2D eigenvalue weighted by Crippen LogP contribution is -2.42. The van der Waals surface area contributed by atoms with Crippen LogP contribution in [0.1, 0.15) is 5.56 Å². The Balaban J connectivity index is 1.86. The summed E-state index contributed by atoms with van der Waals surface area (Å²) < 4.78 is 4.76. The van der Waals surface area contributed by atoms with Crippen molar-refractivity contribution in [3.8, 4) is 0 Å². The third-order valence-corrected chi connectivity index (χ3v) is 2.10. The summed E-state index contributed by atoms with van der Waals surface area (Å²) in [5.41, 5.74) is 1.16. The molecule has 1 fully saturated rings. The van der Waals surface area contributed by atoms with Crippen molar-refractivity contribution in [2.75, 3.05) is 26.2 Å². The molecule has 0 radical (unpaired) electrons. The van der Waals surface area contributed by atoms with E-state index in [1.54, 1.807) is 12.5 Å². The fourth-order valence-corrected chi connectivity index (χ4v) is 1.43. The Hall–Kier alpha value is -0.870. The van der Waals surface area contributed by atoms with Crippen molar-refractivity contribution in [1.82, 2.24) is 15.4 Å². The lowest BCUT2D eigenvalue weighted by atomic mass is 10.3. The molecule has 0 bridgehead atoms. The molecule has 1 aliphatic rings. The molecule has 0 unspecified atom stereocenters. The molecule has 0 aromatic carbocycles. The molecule has 2 rings (SSSR count). The molecular weight excluding hydrogens is 154 g/mol. The van der Waals surface area contributed by atoms with Crippen LogP contribution in [0.15, 0.2) is 17.0 Å². The van der Waals surface area contributed by atoms with Crippen LogP contribution < -0.4 is 5.32 Å². The number of hydrogen-bond acceptors (Lipinski definition) is 4. The van der Waals surface area contributed by atoms with Gasteiger partial charge in [0.25, 0.3) is 0 Å². The molecule has 1 aliphatic heterocycles. The van der Waals surface area contributed by atoms with E-state index in [9.17, 15) is 0 Å². The van der Waals surface area contributed by atoms with Crippen molar-refractivity contribution in [1.29, 1.82) is 0 Å². The van der Waals surface area contributed by atoms with Crippen molar-refractivity contribution < 1.29 is 4.52 Å². The first-order valence-electron chi connectivity index (χ1n) is 4.26. The first-order valence-corrected chi connectivity index (χ1v) is 4.26. The molecule has 0 spiro atoms. The fraction of sp³-hybridized carbons (Fsp3) is 0.625. The van der Waals surface area contributed by atoms with Gasteiger partial charge in [-0.1, -0.05) is 5.16 Å². The number of rotatable bonds is 2. The molecule has 4 nitrogen and oxygen atoms in total. The maximum Gasteiger partial charge on any atom is 0.128 e. The van der Waals surface area contributed by atoms with Crippen molar-refractivity contribution in [2.24, 2.45) is 0 Å².